The Bertz CT molecular complexity index is 634. The minimum atomic E-state index is -0.286. The number of carbonyl (C=O) groups excluding carboxylic acids is 1. The molecule has 0 fully saturated rings. The third-order valence-electron chi connectivity index (χ3n) is 3.63. The van der Waals surface area contributed by atoms with Crippen LogP contribution in [-0.2, 0) is 9.53 Å². The van der Waals surface area contributed by atoms with Gasteiger partial charge in [-0.3, -0.25) is 4.79 Å². The molecule has 0 heterocycles. The summed E-state index contributed by atoms with van der Waals surface area (Å²) in [6.45, 7) is 0.303. The molecule has 2 rings (SSSR count). The highest BCUT2D eigenvalue weighted by molar-refractivity contribution is 6.30. The molecule has 3 N–H and O–H groups in total. The van der Waals surface area contributed by atoms with E-state index in [1.807, 2.05) is 54.6 Å². The van der Waals surface area contributed by atoms with Gasteiger partial charge < -0.3 is 15.8 Å². The molecular weight excluding hydrogens is 347 g/mol. The lowest BCUT2D eigenvalue weighted by Gasteiger charge is -2.21. The average molecular weight is 369 g/mol. The van der Waals surface area contributed by atoms with Crippen molar-refractivity contribution in [2.24, 2.45) is 5.73 Å². The Morgan fingerprint density at radius 2 is 1.83 bits per heavy atom. The van der Waals surface area contributed by atoms with E-state index >= 15 is 0 Å². The molecule has 0 saturated carbocycles. The summed E-state index contributed by atoms with van der Waals surface area (Å²) in [4.78, 5) is 12.3. The molecule has 2 aromatic rings. The fraction of sp³-hybridized carbons (Fsp3) is 0.278. The van der Waals surface area contributed by atoms with Crippen molar-refractivity contribution in [1.29, 1.82) is 0 Å². The number of amides is 1. The molecule has 2 atom stereocenters. The molecule has 0 aromatic heterocycles. The number of hydrogen-bond donors (Lipinski definition) is 2. The first-order chi connectivity index (χ1) is 11.1. The van der Waals surface area contributed by atoms with Crippen LogP contribution < -0.4 is 11.1 Å². The minimum Gasteiger partial charge on any atom is -0.380 e. The number of hydrogen-bond acceptors (Lipinski definition) is 3. The predicted octanol–water partition coefficient (Wildman–Crippen LogP) is 3.33. The van der Waals surface area contributed by atoms with E-state index < -0.39 is 0 Å². The molecule has 4 nitrogen and oxygen atoms in total. The third-order valence-corrected chi connectivity index (χ3v) is 3.86. The molecule has 0 aliphatic rings. The van der Waals surface area contributed by atoms with Gasteiger partial charge in [0.25, 0.3) is 0 Å². The summed E-state index contributed by atoms with van der Waals surface area (Å²) in [5.41, 5.74) is 7.50. The van der Waals surface area contributed by atoms with E-state index in [0.29, 0.717) is 11.6 Å². The lowest BCUT2D eigenvalue weighted by atomic mass is 9.98. The van der Waals surface area contributed by atoms with Crippen LogP contribution in [0.2, 0.25) is 5.02 Å². The topological polar surface area (TPSA) is 64.3 Å². The number of carbonyl (C=O) groups is 1. The Balaban J connectivity index is 0.00000288. The van der Waals surface area contributed by atoms with Crippen LogP contribution >= 0.6 is 24.0 Å². The maximum atomic E-state index is 12.3. The van der Waals surface area contributed by atoms with Crippen LogP contribution in [0, 0.1) is 0 Å². The van der Waals surface area contributed by atoms with Crippen LogP contribution in [0.15, 0.2) is 54.6 Å². The molecule has 0 saturated heterocycles. The minimum absolute atomic E-state index is 0. The molecular formula is C18H22Cl2N2O2. The first-order valence-electron chi connectivity index (χ1n) is 7.46. The van der Waals surface area contributed by atoms with Crippen molar-refractivity contribution < 1.29 is 9.53 Å². The fourth-order valence-electron chi connectivity index (χ4n) is 2.38. The van der Waals surface area contributed by atoms with Crippen molar-refractivity contribution in [3.63, 3.8) is 0 Å². The molecule has 2 aromatic carbocycles. The maximum Gasteiger partial charge on any atom is 0.223 e. The SMILES string of the molecule is COC(CN)CC(=O)NC(c1ccccc1)c1cccc(Cl)c1.Cl. The van der Waals surface area contributed by atoms with Gasteiger partial charge in [0.2, 0.25) is 5.91 Å². The van der Waals surface area contributed by atoms with Gasteiger partial charge in [-0.15, -0.1) is 12.4 Å². The van der Waals surface area contributed by atoms with Gasteiger partial charge >= 0.3 is 0 Å². The smallest absolute Gasteiger partial charge is 0.223 e. The normalized spacial score (nSPS) is 12.8. The van der Waals surface area contributed by atoms with E-state index in [1.165, 1.54) is 0 Å². The van der Waals surface area contributed by atoms with E-state index in [4.69, 9.17) is 22.1 Å². The van der Waals surface area contributed by atoms with Gasteiger partial charge in [0.05, 0.1) is 18.6 Å². The zero-order valence-corrected chi connectivity index (χ0v) is 15.0. The van der Waals surface area contributed by atoms with Crippen LogP contribution in [0.5, 0.6) is 0 Å². The molecule has 0 aliphatic heterocycles. The standard InChI is InChI=1S/C18H21ClN2O2.ClH/c1-23-16(12-20)11-17(22)21-18(13-6-3-2-4-7-13)14-8-5-9-15(19)10-14;/h2-10,16,18H,11-12,20H2,1H3,(H,21,22);1H. The summed E-state index contributed by atoms with van der Waals surface area (Å²) in [5.74, 6) is -0.115. The van der Waals surface area contributed by atoms with Gasteiger partial charge in [-0.2, -0.15) is 0 Å². The van der Waals surface area contributed by atoms with Crippen LogP contribution in [0.25, 0.3) is 0 Å². The first-order valence-corrected chi connectivity index (χ1v) is 7.84. The van der Waals surface area contributed by atoms with E-state index in [0.717, 1.165) is 11.1 Å². The van der Waals surface area contributed by atoms with Gasteiger partial charge in [0.1, 0.15) is 0 Å². The Kier molecular flexibility index (Phi) is 8.79. The van der Waals surface area contributed by atoms with Crippen LogP contribution in [-0.4, -0.2) is 25.7 Å². The van der Waals surface area contributed by atoms with Crippen molar-refractivity contribution >= 4 is 29.9 Å². The van der Waals surface area contributed by atoms with Gasteiger partial charge in [0.15, 0.2) is 0 Å². The number of halogens is 2. The Morgan fingerprint density at radius 1 is 1.17 bits per heavy atom. The van der Waals surface area contributed by atoms with E-state index in [9.17, 15) is 4.79 Å². The molecule has 24 heavy (non-hydrogen) atoms. The van der Waals surface area contributed by atoms with Crippen molar-refractivity contribution in [2.75, 3.05) is 13.7 Å². The molecule has 1 amide bonds. The van der Waals surface area contributed by atoms with Gasteiger partial charge in [-0.05, 0) is 23.3 Å². The Labute approximate surface area is 153 Å². The number of nitrogens with one attached hydrogen (secondary N) is 1. The predicted molar refractivity (Wildman–Crippen MR) is 99.6 cm³/mol. The van der Waals surface area contributed by atoms with Crippen molar-refractivity contribution in [2.45, 2.75) is 18.6 Å². The van der Waals surface area contributed by atoms with Crippen molar-refractivity contribution in [3.05, 3.63) is 70.7 Å². The summed E-state index contributed by atoms with van der Waals surface area (Å²) in [7, 11) is 1.55. The molecule has 0 spiro atoms. The van der Waals surface area contributed by atoms with E-state index in [2.05, 4.69) is 5.32 Å². The second-order valence-electron chi connectivity index (χ2n) is 5.26. The largest absolute Gasteiger partial charge is 0.380 e. The monoisotopic (exact) mass is 368 g/mol. The third kappa shape index (κ3) is 5.80. The van der Waals surface area contributed by atoms with E-state index in [-0.39, 0.29) is 36.9 Å². The first kappa shape index (κ1) is 20.5. The van der Waals surface area contributed by atoms with Crippen molar-refractivity contribution in [1.82, 2.24) is 5.32 Å². The summed E-state index contributed by atoms with van der Waals surface area (Å²) >= 11 is 6.09. The summed E-state index contributed by atoms with van der Waals surface area (Å²) in [5, 5.41) is 3.68. The Morgan fingerprint density at radius 3 is 2.42 bits per heavy atom. The highest BCUT2D eigenvalue weighted by Gasteiger charge is 2.19. The maximum absolute atomic E-state index is 12.3. The lowest BCUT2D eigenvalue weighted by Crippen LogP contribution is -2.34. The van der Waals surface area contributed by atoms with E-state index in [1.54, 1.807) is 7.11 Å². The number of rotatable bonds is 7. The molecule has 2 unspecified atom stereocenters. The van der Waals surface area contributed by atoms with Crippen molar-refractivity contribution in [3.8, 4) is 0 Å². The quantitative estimate of drug-likeness (QED) is 0.787. The summed E-state index contributed by atoms with van der Waals surface area (Å²) in [6.07, 6.45) is -0.0672. The van der Waals surface area contributed by atoms with Gasteiger partial charge in [0, 0.05) is 18.7 Å². The number of nitrogens with two attached hydrogens (primary N) is 1. The second kappa shape index (κ2) is 10.3. The van der Waals surface area contributed by atoms with Gasteiger partial charge in [-0.25, -0.2) is 0 Å². The molecule has 0 aliphatic carbocycles. The van der Waals surface area contributed by atoms with Crippen LogP contribution in [0.3, 0.4) is 0 Å². The highest BCUT2D eigenvalue weighted by Crippen LogP contribution is 2.24. The molecule has 6 heteroatoms. The lowest BCUT2D eigenvalue weighted by molar-refractivity contribution is -0.123. The molecule has 130 valence electrons. The number of methoxy groups -OCH3 is 1. The van der Waals surface area contributed by atoms with Gasteiger partial charge in [-0.1, -0.05) is 54.1 Å². The molecule has 0 radical (unpaired) electrons. The highest BCUT2D eigenvalue weighted by atomic mass is 35.5. The second-order valence-corrected chi connectivity index (χ2v) is 5.70. The number of ether oxygens (including phenoxy) is 1. The molecule has 0 bridgehead atoms. The van der Waals surface area contributed by atoms with Crippen LogP contribution in [0.1, 0.15) is 23.6 Å². The zero-order chi connectivity index (χ0) is 16.7. The average Bonchev–Trinajstić information content (AvgIpc) is 2.58. The summed E-state index contributed by atoms with van der Waals surface area (Å²) in [6, 6.07) is 17.0. The fourth-order valence-corrected chi connectivity index (χ4v) is 2.58. The van der Waals surface area contributed by atoms with Crippen LogP contribution in [0.4, 0.5) is 0 Å². The Hall–Kier alpha value is -1.59. The number of benzene rings is 2. The zero-order valence-electron chi connectivity index (χ0n) is 13.4. The summed E-state index contributed by atoms with van der Waals surface area (Å²) < 4.78 is 5.18.